The molecule has 3 aliphatic rings. The zero-order chi connectivity index (χ0) is 21.5. The average Bonchev–Trinajstić information content (AvgIpc) is 3.04. The van der Waals surface area contributed by atoms with Crippen LogP contribution in [0.2, 0.25) is 0 Å². The average molecular weight is 417 g/mol. The van der Waals surface area contributed by atoms with Gasteiger partial charge in [0, 0.05) is 12.5 Å². The predicted octanol–water partition coefficient (Wildman–Crippen LogP) is 4.23. The molecular formula is C26H28N2O3. The molecule has 2 aromatic rings. The first-order chi connectivity index (χ1) is 15.1. The molecule has 2 heterocycles. The van der Waals surface area contributed by atoms with Crippen molar-refractivity contribution in [1.29, 1.82) is 0 Å². The standard InChI is InChI=1S/C26H28N2O3/c1-17-8-2-4-10-19(17)24(29)27-15-14-18-9-3-5-11-20(18)23(27)16-28-25(30)21-12-6-7-13-22(21)26(28)31/h3,5-7,9,11-13,17,19,23H,2,4,8,10,14-16H2,1H3. The van der Waals surface area contributed by atoms with Crippen molar-refractivity contribution in [2.45, 2.75) is 45.1 Å². The van der Waals surface area contributed by atoms with Crippen LogP contribution in [0.5, 0.6) is 0 Å². The lowest BCUT2D eigenvalue weighted by Gasteiger charge is -2.42. The Morgan fingerprint density at radius 3 is 2.29 bits per heavy atom. The van der Waals surface area contributed by atoms with E-state index < -0.39 is 0 Å². The van der Waals surface area contributed by atoms with Crippen molar-refractivity contribution in [3.8, 4) is 0 Å². The lowest BCUT2D eigenvalue weighted by molar-refractivity contribution is -0.141. The van der Waals surface area contributed by atoms with E-state index in [9.17, 15) is 14.4 Å². The smallest absolute Gasteiger partial charge is 0.261 e. The third-order valence-corrected chi connectivity index (χ3v) is 7.36. The number of nitrogens with zero attached hydrogens (tertiary/aromatic N) is 2. The minimum atomic E-state index is -0.297. The molecule has 0 spiro atoms. The van der Waals surface area contributed by atoms with Gasteiger partial charge in [-0.1, -0.05) is 56.2 Å². The summed E-state index contributed by atoms with van der Waals surface area (Å²) in [5, 5.41) is 0. The van der Waals surface area contributed by atoms with Gasteiger partial charge in [-0.05, 0) is 48.4 Å². The summed E-state index contributed by atoms with van der Waals surface area (Å²) in [4.78, 5) is 43.0. The fourth-order valence-corrected chi connectivity index (χ4v) is 5.59. The van der Waals surface area contributed by atoms with Crippen LogP contribution < -0.4 is 0 Å². The number of fused-ring (bicyclic) bond motifs is 2. The third-order valence-electron chi connectivity index (χ3n) is 7.36. The fraction of sp³-hybridized carbons (Fsp3) is 0.423. The van der Waals surface area contributed by atoms with Crippen LogP contribution in [0.3, 0.4) is 0 Å². The Bertz CT molecular complexity index is 1010. The summed E-state index contributed by atoms with van der Waals surface area (Å²) in [5.41, 5.74) is 3.16. The van der Waals surface area contributed by atoms with Gasteiger partial charge in [-0.3, -0.25) is 19.3 Å². The maximum Gasteiger partial charge on any atom is 0.261 e. The Labute approximate surface area is 183 Å². The quantitative estimate of drug-likeness (QED) is 0.704. The van der Waals surface area contributed by atoms with Crippen molar-refractivity contribution in [3.63, 3.8) is 0 Å². The van der Waals surface area contributed by atoms with E-state index in [1.807, 2.05) is 23.1 Å². The monoisotopic (exact) mass is 416 g/mol. The van der Waals surface area contributed by atoms with Crippen LogP contribution in [-0.4, -0.2) is 40.6 Å². The fourth-order valence-electron chi connectivity index (χ4n) is 5.59. The molecule has 3 atom stereocenters. The second kappa shape index (κ2) is 7.95. The van der Waals surface area contributed by atoms with Crippen molar-refractivity contribution in [2.24, 2.45) is 11.8 Å². The predicted molar refractivity (Wildman–Crippen MR) is 118 cm³/mol. The van der Waals surface area contributed by atoms with Gasteiger partial charge < -0.3 is 4.90 Å². The zero-order valence-electron chi connectivity index (χ0n) is 17.9. The molecule has 0 radical (unpaired) electrons. The number of carbonyl (C=O) groups is 3. The second-order valence-corrected chi connectivity index (χ2v) is 9.13. The van der Waals surface area contributed by atoms with Crippen molar-refractivity contribution in [2.75, 3.05) is 13.1 Å². The number of imide groups is 1. The zero-order valence-corrected chi connectivity index (χ0v) is 17.9. The van der Waals surface area contributed by atoms with Gasteiger partial charge in [0.2, 0.25) is 5.91 Å². The van der Waals surface area contributed by atoms with Crippen molar-refractivity contribution in [3.05, 3.63) is 70.8 Å². The van der Waals surface area contributed by atoms with Gasteiger partial charge in [0.1, 0.15) is 0 Å². The first-order valence-electron chi connectivity index (χ1n) is 11.4. The summed E-state index contributed by atoms with van der Waals surface area (Å²) in [5.74, 6) is 0.0644. The number of carbonyl (C=O) groups excluding carboxylic acids is 3. The normalized spacial score (nSPS) is 25.4. The molecule has 1 fully saturated rings. The summed E-state index contributed by atoms with van der Waals surface area (Å²) in [7, 11) is 0. The SMILES string of the molecule is CC1CCCCC1C(=O)N1CCc2ccccc2C1CN1C(=O)c2ccccc2C1=O. The molecule has 0 aromatic heterocycles. The van der Waals surface area contributed by atoms with E-state index >= 15 is 0 Å². The highest BCUT2D eigenvalue weighted by atomic mass is 16.2. The summed E-state index contributed by atoms with van der Waals surface area (Å²) in [6.45, 7) is 3.02. The first kappa shape index (κ1) is 20.0. The Kier molecular flexibility index (Phi) is 5.12. The summed E-state index contributed by atoms with van der Waals surface area (Å²) >= 11 is 0. The number of benzene rings is 2. The van der Waals surface area contributed by atoms with Crippen LogP contribution in [0.1, 0.15) is 70.5 Å². The molecule has 5 heteroatoms. The van der Waals surface area contributed by atoms with Crippen LogP contribution >= 0.6 is 0 Å². The van der Waals surface area contributed by atoms with Crippen LogP contribution in [0.4, 0.5) is 0 Å². The van der Waals surface area contributed by atoms with Crippen LogP contribution in [0.15, 0.2) is 48.5 Å². The van der Waals surface area contributed by atoms with E-state index in [0.29, 0.717) is 23.6 Å². The molecular weight excluding hydrogens is 388 g/mol. The molecule has 0 saturated heterocycles. The molecule has 0 bridgehead atoms. The van der Waals surface area contributed by atoms with Crippen molar-refractivity contribution in [1.82, 2.24) is 9.80 Å². The molecule has 2 aromatic carbocycles. The van der Waals surface area contributed by atoms with E-state index in [0.717, 1.165) is 31.2 Å². The topological polar surface area (TPSA) is 57.7 Å². The third kappa shape index (κ3) is 3.36. The molecule has 3 amide bonds. The highest BCUT2D eigenvalue weighted by molar-refractivity contribution is 6.21. The Hall–Kier alpha value is -2.95. The van der Waals surface area contributed by atoms with Gasteiger partial charge in [0.05, 0.1) is 23.7 Å². The van der Waals surface area contributed by atoms with Crippen LogP contribution in [0.25, 0.3) is 0 Å². The van der Waals surface area contributed by atoms with Gasteiger partial charge in [0.25, 0.3) is 11.8 Å². The van der Waals surface area contributed by atoms with Gasteiger partial charge in [0.15, 0.2) is 0 Å². The first-order valence-corrected chi connectivity index (χ1v) is 11.4. The molecule has 5 nitrogen and oxygen atoms in total. The molecule has 3 unspecified atom stereocenters. The second-order valence-electron chi connectivity index (χ2n) is 9.13. The lowest BCUT2D eigenvalue weighted by atomic mass is 9.78. The molecule has 0 N–H and O–H groups in total. The molecule has 1 aliphatic carbocycles. The number of hydrogen-bond acceptors (Lipinski definition) is 3. The summed E-state index contributed by atoms with van der Waals surface area (Å²) in [6, 6.07) is 14.8. The van der Waals surface area contributed by atoms with E-state index in [-0.39, 0.29) is 36.2 Å². The number of rotatable bonds is 3. The molecule has 5 rings (SSSR count). The lowest BCUT2D eigenvalue weighted by Crippen LogP contribution is -2.49. The maximum atomic E-state index is 13.7. The minimum Gasteiger partial charge on any atom is -0.333 e. The van der Waals surface area contributed by atoms with Gasteiger partial charge in [-0.25, -0.2) is 0 Å². The van der Waals surface area contributed by atoms with E-state index in [1.54, 1.807) is 24.3 Å². The van der Waals surface area contributed by atoms with Gasteiger partial charge in [-0.2, -0.15) is 0 Å². The van der Waals surface area contributed by atoms with Crippen molar-refractivity contribution >= 4 is 17.7 Å². The van der Waals surface area contributed by atoms with Crippen molar-refractivity contribution < 1.29 is 14.4 Å². The molecule has 31 heavy (non-hydrogen) atoms. The maximum absolute atomic E-state index is 13.7. The Balaban J connectivity index is 1.48. The molecule has 2 aliphatic heterocycles. The summed E-state index contributed by atoms with van der Waals surface area (Å²) in [6.07, 6.45) is 5.10. The highest BCUT2D eigenvalue weighted by Crippen LogP contribution is 2.37. The summed E-state index contributed by atoms with van der Waals surface area (Å²) < 4.78 is 0. The van der Waals surface area contributed by atoms with E-state index in [1.165, 1.54) is 16.9 Å². The molecule has 160 valence electrons. The van der Waals surface area contributed by atoms with Gasteiger partial charge in [-0.15, -0.1) is 0 Å². The minimum absolute atomic E-state index is 0.0312. The number of amides is 3. The van der Waals surface area contributed by atoms with Crippen LogP contribution in [-0.2, 0) is 11.2 Å². The molecule has 1 saturated carbocycles. The van der Waals surface area contributed by atoms with Gasteiger partial charge >= 0.3 is 0 Å². The van der Waals surface area contributed by atoms with E-state index in [2.05, 4.69) is 13.0 Å². The van der Waals surface area contributed by atoms with E-state index in [4.69, 9.17) is 0 Å². The largest absolute Gasteiger partial charge is 0.333 e. The Morgan fingerprint density at radius 1 is 0.935 bits per heavy atom. The highest BCUT2D eigenvalue weighted by Gasteiger charge is 2.42. The van der Waals surface area contributed by atoms with Crippen LogP contribution in [0, 0.1) is 11.8 Å². The Morgan fingerprint density at radius 2 is 1.58 bits per heavy atom. The number of hydrogen-bond donors (Lipinski definition) is 0.